The molecule has 0 N–H and O–H groups in total. The average Bonchev–Trinajstić information content (AvgIpc) is 2.29. The largest absolute Gasteiger partial charge is 0.103 e. The molecule has 1 aliphatic rings. The summed E-state index contributed by atoms with van der Waals surface area (Å²) in [5, 5.41) is 0. The summed E-state index contributed by atoms with van der Waals surface area (Å²) < 4.78 is 0. The van der Waals surface area contributed by atoms with Crippen molar-refractivity contribution in [2.75, 3.05) is 0 Å². The Labute approximate surface area is 77.1 Å². The lowest BCUT2D eigenvalue weighted by Crippen LogP contribution is -2.21. The van der Waals surface area contributed by atoms with Gasteiger partial charge >= 0.3 is 0 Å². The van der Waals surface area contributed by atoms with Crippen LogP contribution < -0.4 is 0 Å². The van der Waals surface area contributed by atoms with E-state index in [2.05, 4.69) is 40.3 Å². The van der Waals surface area contributed by atoms with Gasteiger partial charge in [0.15, 0.2) is 0 Å². The molecule has 0 aromatic rings. The van der Waals surface area contributed by atoms with E-state index in [4.69, 9.17) is 0 Å². The number of hydrogen-bond acceptors (Lipinski definition) is 0. The Morgan fingerprint density at radius 1 is 1.25 bits per heavy atom. The fourth-order valence-electron chi connectivity index (χ4n) is 2.56. The summed E-state index contributed by atoms with van der Waals surface area (Å²) in [4.78, 5) is 0. The lowest BCUT2D eigenvalue weighted by molar-refractivity contribution is 0.263. The summed E-state index contributed by atoms with van der Waals surface area (Å²) in [7, 11) is 0. The van der Waals surface area contributed by atoms with E-state index in [1.54, 1.807) is 0 Å². The standard InChI is InChI=1S/C12H22/c1-6-12(9(2)3)7-10(4)11(5)8-12/h6,9-11H,1,7-8H2,2-5H3/t10-,11+,12?. The zero-order chi connectivity index (χ0) is 9.35. The van der Waals surface area contributed by atoms with E-state index < -0.39 is 0 Å². The number of hydrogen-bond donors (Lipinski definition) is 0. The minimum absolute atomic E-state index is 0.443. The first-order valence-electron chi connectivity index (χ1n) is 5.15. The minimum atomic E-state index is 0.443. The van der Waals surface area contributed by atoms with E-state index in [1.807, 2.05) is 0 Å². The topological polar surface area (TPSA) is 0 Å². The van der Waals surface area contributed by atoms with Crippen LogP contribution in [-0.2, 0) is 0 Å². The molecule has 0 radical (unpaired) electrons. The van der Waals surface area contributed by atoms with Crippen LogP contribution in [0, 0.1) is 23.2 Å². The van der Waals surface area contributed by atoms with E-state index in [1.165, 1.54) is 12.8 Å². The third-order valence-electron chi connectivity index (χ3n) is 3.93. The van der Waals surface area contributed by atoms with Crippen LogP contribution in [0.15, 0.2) is 12.7 Å². The van der Waals surface area contributed by atoms with Crippen LogP contribution in [-0.4, -0.2) is 0 Å². The Balaban J connectivity index is 2.78. The molecule has 0 bridgehead atoms. The molecular weight excluding hydrogens is 144 g/mol. The summed E-state index contributed by atoms with van der Waals surface area (Å²) in [5.74, 6) is 2.51. The SMILES string of the molecule is C=CC1(C(C)C)C[C@@H](C)[C@@H](C)C1. The van der Waals surface area contributed by atoms with E-state index >= 15 is 0 Å². The van der Waals surface area contributed by atoms with Crippen LogP contribution in [0.2, 0.25) is 0 Å². The van der Waals surface area contributed by atoms with Gasteiger partial charge in [-0.15, -0.1) is 6.58 Å². The molecule has 1 saturated carbocycles. The lowest BCUT2D eigenvalue weighted by atomic mass is 9.75. The average molecular weight is 166 g/mol. The summed E-state index contributed by atoms with van der Waals surface area (Å²) in [6, 6.07) is 0. The summed E-state index contributed by atoms with van der Waals surface area (Å²) in [6.45, 7) is 13.4. The fourth-order valence-corrected chi connectivity index (χ4v) is 2.56. The molecule has 0 spiro atoms. The first-order valence-corrected chi connectivity index (χ1v) is 5.15. The zero-order valence-corrected chi connectivity index (χ0v) is 8.93. The van der Waals surface area contributed by atoms with Crippen molar-refractivity contribution >= 4 is 0 Å². The second kappa shape index (κ2) is 3.24. The molecule has 0 aliphatic heterocycles. The normalized spacial score (nSPS) is 42.1. The van der Waals surface area contributed by atoms with Crippen LogP contribution in [0.1, 0.15) is 40.5 Å². The molecule has 3 atom stereocenters. The van der Waals surface area contributed by atoms with E-state index in [0.29, 0.717) is 5.41 Å². The Bertz CT molecular complexity index is 157. The monoisotopic (exact) mass is 166 g/mol. The van der Waals surface area contributed by atoms with Crippen molar-refractivity contribution < 1.29 is 0 Å². The Hall–Kier alpha value is -0.260. The van der Waals surface area contributed by atoms with Crippen molar-refractivity contribution in [1.29, 1.82) is 0 Å². The molecular formula is C12H22. The maximum absolute atomic E-state index is 4.00. The second-order valence-electron chi connectivity index (χ2n) is 4.95. The van der Waals surface area contributed by atoms with Crippen LogP contribution in [0.25, 0.3) is 0 Å². The number of allylic oxidation sites excluding steroid dienone is 1. The van der Waals surface area contributed by atoms with Crippen molar-refractivity contribution in [2.24, 2.45) is 23.2 Å². The van der Waals surface area contributed by atoms with Gasteiger partial charge in [-0.25, -0.2) is 0 Å². The van der Waals surface area contributed by atoms with Gasteiger partial charge < -0.3 is 0 Å². The van der Waals surface area contributed by atoms with Gasteiger partial charge in [0.1, 0.15) is 0 Å². The molecule has 1 aliphatic carbocycles. The maximum atomic E-state index is 4.00. The second-order valence-corrected chi connectivity index (χ2v) is 4.95. The van der Waals surface area contributed by atoms with Crippen molar-refractivity contribution in [3.05, 3.63) is 12.7 Å². The van der Waals surface area contributed by atoms with Crippen molar-refractivity contribution in [1.82, 2.24) is 0 Å². The van der Waals surface area contributed by atoms with E-state index in [9.17, 15) is 0 Å². The molecule has 0 aromatic carbocycles. The summed E-state index contributed by atoms with van der Waals surface area (Å²) >= 11 is 0. The van der Waals surface area contributed by atoms with Gasteiger partial charge in [-0.05, 0) is 36.0 Å². The highest BCUT2D eigenvalue weighted by molar-refractivity contribution is 5.03. The van der Waals surface area contributed by atoms with Crippen molar-refractivity contribution in [2.45, 2.75) is 40.5 Å². The van der Waals surface area contributed by atoms with Gasteiger partial charge in [-0.3, -0.25) is 0 Å². The molecule has 0 saturated heterocycles. The van der Waals surface area contributed by atoms with Crippen molar-refractivity contribution in [3.63, 3.8) is 0 Å². The predicted molar refractivity (Wildman–Crippen MR) is 55.0 cm³/mol. The van der Waals surface area contributed by atoms with Gasteiger partial charge in [-0.1, -0.05) is 33.8 Å². The highest BCUT2D eigenvalue weighted by Crippen LogP contribution is 2.50. The van der Waals surface area contributed by atoms with Gasteiger partial charge in [0, 0.05) is 0 Å². The summed E-state index contributed by atoms with van der Waals surface area (Å²) in [6.07, 6.45) is 4.89. The smallest absolute Gasteiger partial charge is 0.00926 e. The molecule has 0 heterocycles. The minimum Gasteiger partial charge on any atom is -0.103 e. The van der Waals surface area contributed by atoms with Gasteiger partial charge in [0.25, 0.3) is 0 Å². The maximum Gasteiger partial charge on any atom is -0.00926 e. The quantitative estimate of drug-likeness (QED) is 0.546. The van der Waals surface area contributed by atoms with E-state index in [0.717, 1.165) is 17.8 Å². The molecule has 0 heteroatoms. The number of rotatable bonds is 2. The molecule has 12 heavy (non-hydrogen) atoms. The molecule has 0 nitrogen and oxygen atoms in total. The van der Waals surface area contributed by atoms with Crippen LogP contribution in [0.3, 0.4) is 0 Å². The van der Waals surface area contributed by atoms with Gasteiger partial charge in [-0.2, -0.15) is 0 Å². The van der Waals surface area contributed by atoms with Crippen LogP contribution >= 0.6 is 0 Å². The Morgan fingerprint density at radius 2 is 1.67 bits per heavy atom. The first kappa shape index (κ1) is 9.83. The Morgan fingerprint density at radius 3 is 1.83 bits per heavy atom. The molecule has 1 rings (SSSR count). The molecule has 0 aromatic heterocycles. The third-order valence-corrected chi connectivity index (χ3v) is 3.93. The Kier molecular flexibility index (Phi) is 2.65. The third kappa shape index (κ3) is 1.44. The van der Waals surface area contributed by atoms with Gasteiger partial charge in [0.2, 0.25) is 0 Å². The van der Waals surface area contributed by atoms with Crippen molar-refractivity contribution in [3.8, 4) is 0 Å². The molecule has 1 fully saturated rings. The highest BCUT2D eigenvalue weighted by atomic mass is 14.5. The van der Waals surface area contributed by atoms with Crippen LogP contribution in [0.5, 0.6) is 0 Å². The molecule has 1 unspecified atom stereocenters. The first-order chi connectivity index (χ1) is 5.52. The van der Waals surface area contributed by atoms with Crippen LogP contribution in [0.4, 0.5) is 0 Å². The predicted octanol–water partition coefficient (Wildman–Crippen LogP) is 3.88. The lowest BCUT2D eigenvalue weighted by Gasteiger charge is -2.30. The van der Waals surface area contributed by atoms with E-state index in [-0.39, 0.29) is 0 Å². The summed E-state index contributed by atoms with van der Waals surface area (Å²) in [5.41, 5.74) is 0.443. The molecule has 0 amide bonds. The van der Waals surface area contributed by atoms with Gasteiger partial charge in [0.05, 0.1) is 0 Å². The fraction of sp³-hybridized carbons (Fsp3) is 0.833. The highest BCUT2D eigenvalue weighted by Gasteiger charge is 2.41. The zero-order valence-electron chi connectivity index (χ0n) is 8.93. The molecule has 70 valence electrons.